The molecule has 35 nitrogen and oxygen atoms in total. The smallest absolute Gasteiger partial charge is 0.387 e. The first-order valence-electron chi connectivity index (χ1n) is 20.9. The summed E-state index contributed by atoms with van der Waals surface area (Å²) in [7, 11) is -13.9. The van der Waals surface area contributed by atoms with Gasteiger partial charge in [0.1, 0.15) is 42.4 Å². The number of nitrogens with one attached hydrogen (secondary N) is 2. The van der Waals surface area contributed by atoms with Crippen molar-refractivity contribution in [2.45, 2.75) is 67.1 Å². The lowest BCUT2D eigenvalue weighted by Crippen LogP contribution is -2.45. The standard InChI is InChI=1S/C33H46N12O23P4S/c1-42-12-45(27-19(42)28(50)41-32(35)40-27)29-20(47)13(6-59-2)14(64-29)7-62-70(53,54)67-72(57,58)68-71(55,56)63-9-16-24(23(60-3)31(66-16)44-11-38-18-25(34)36-10-37-26(18)44)69(52,73)61-8-15-21(48)22(49)30(65-15)43-5-4-17(46)39-33(43)51/h4-5,10-16,20-24,29-31,47-49H,6-9H2,1-3H3,(H9-,34,35,36,37,39,40,41,46,50,51,52,53,54,55,56,57,58,73)/p+1/t13-,14-,15-,16-,20-,21-,22-,23-,24-,29-,30-,31-,69?/m1/s1. The Morgan fingerprint density at radius 3 is 2.12 bits per heavy atom. The van der Waals surface area contributed by atoms with Gasteiger partial charge in [0.15, 0.2) is 36.7 Å². The summed E-state index contributed by atoms with van der Waals surface area (Å²) in [5.74, 6) is -1.34. The number of nitrogen functional groups attached to an aromatic ring is 2. The minimum absolute atomic E-state index is 0.0111. The quantitative estimate of drug-likeness (QED) is 0.0263. The minimum atomic E-state index is -6.15. The molecule has 0 radical (unpaired) electrons. The normalized spacial score (nSPS) is 30.9. The third kappa shape index (κ3) is 11.4. The lowest BCUT2D eigenvalue weighted by atomic mass is 9.99. The molecule has 3 aliphatic rings. The molecule has 3 aliphatic heterocycles. The minimum Gasteiger partial charge on any atom is -0.387 e. The van der Waals surface area contributed by atoms with Crippen LogP contribution in [0.3, 0.4) is 0 Å². The van der Waals surface area contributed by atoms with Crippen LogP contribution in [-0.2, 0) is 78.4 Å². The second-order valence-corrected chi connectivity index (χ2v) is 24.5. The van der Waals surface area contributed by atoms with Gasteiger partial charge in [-0.1, -0.05) is 4.98 Å². The van der Waals surface area contributed by atoms with E-state index in [0.717, 1.165) is 30.3 Å². The lowest BCUT2D eigenvalue weighted by molar-refractivity contribution is -0.745. The van der Waals surface area contributed by atoms with Crippen LogP contribution in [-0.4, -0.2) is 168 Å². The molecule has 8 heterocycles. The molecule has 0 spiro atoms. The maximum atomic E-state index is 13.3. The van der Waals surface area contributed by atoms with E-state index >= 15 is 0 Å². The predicted molar refractivity (Wildman–Crippen MR) is 243 cm³/mol. The van der Waals surface area contributed by atoms with Gasteiger partial charge in [-0.05, 0) is 11.8 Å². The topological polar surface area (TPSA) is 490 Å². The van der Waals surface area contributed by atoms with Crippen molar-refractivity contribution in [1.29, 1.82) is 0 Å². The van der Waals surface area contributed by atoms with Gasteiger partial charge < -0.3 is 74.6 Å². The van der Waals surface area contributed by atoms with E-state index in [0.29, 0.717) is 0 Å². The number of aromatic amines is 2. The molecule has 0 saturated carbocycles. The number of methoxy groups -OCH3 is 2. The van der Waals surface area contributed by atoms with Gasteiger partial charge in [0.2, 0.25) is 11.7 Å². The zero-order valence-corrected chi connectivity index (χ0v) is 42.1. The summed E-state index contributed by atoms with van der Waals surface area (Å²) in [6.07, 6.45) is -10.5. The van der Waals surface area contributed by atoms with Crippen molar-refractivity contribution in [2.75, 3.05) is 52.1 Å². The van der Waals surface area contributed by atoms with Crippen LogP contribution < -0.4 is 32.8 Å². The number of H-pyrrole nitrogens is 2. The maximum absolute atomic E-state index is 13.3. The van der Waals surface area contributed by atoms with Crippen molar-refractivity contribution in [3.05, 3.63) is 62.4 Å². The summed E-state index contributed by atoms with van der Waals surface area (Å²) in [6, 6.07) is 0.960. The molecule has 4 unspecified atom stereocenters. The molecule has 16 atom stereocenters. The van der Waals surface area contributed by atoms with Crippen LogP contribution in [0.25, 0.3) is 22.3 Å². The maximum Gasteiger partial charge on any atom is 0.490 e. The second-order valence-electron chi connectivity index (χ2n) is 16.4. The van der Waals surface area contributed by atoms with Gasteiger partial charge in [0, 0.05) is 32.4 Å². The summed E-state index contributed by atoms with van der Waals surface area (Å²) in [5.41, 5.74) is 7.91. The van der Waals surface area contributed by atoms with Gasteiger partial charge in [0.05, 0.1) is 57.7 Å². The summed E-state index contributed by atoms with van der Waals surface area (Å²) in [5, 5.41) is 32.8. The fourth-order valence-electron chi connectivity index (χ4n) is 8.47. The fourth-order valence-corrected chi connectivity index (χ4v) is 14.7. The molecule has 3 fully saturated rings. The monoisotopic (exact) mass is 1140 g/mol. The Labute approximate surface area is 412 Å². The molecule has 5 aromatic rings. The molecule has 0 amide bonds. The highest BCUT2D eigenvalue weighted by Gasteiger charge is 2.56. The molecule has 3 saturated heterocycles. The van der Waals surface area contributed by atoms with E-state index in [1.165, 1.54) is 40.5 Å². The highest BCUT2D eigenvalue weighted by molar-refractivity contribution is 8.09. The van der Waals surface area contributed by atoms with Crippen LogP contribution in [0.4, 0.5) is 11.8 Å². The third-order valence-electron chi connectivity index (χ3n) is 11.7. The molecule has 0 aromatic carbocycles. The molecule has 73 heavy (non-hydrogen) atoms. The number of nitrogens with zero attached hydrogens (tertiary/aromatic N) is 8. The number of nitrogens with two attached hydrogens (primary N) is 2. The van der Waals surface area contributed by atoms with Gasteiger partial charge in [-0.25, -0.2) is 38.0 Å². The highest BCUT2D eigenvalue weighted by Crippen LogP contribution is 2.68. The number of aliphatic hydroxyl groups excluding tert-OH is 3. The number of phosphoric acid groups is 3. The van der Waals surface area contributed by atoms with Crippen LogP contribution in [0.2, 0.25) is 0 Å². The van der Waals surface area contributed by atoms with Gasteiger partial charge in [-0.3, -0.25) is 42.3 Å². The largest absolute Gasteiger partial charge is 0.490 e. The second kappa shape index (κ2) is 21.1. The number of aliphatic hydroxyl groups is 3. The Kier molecular flexibility index (Phi) is 15.9. The van der Waals surface area contributed by atoms with E-state index in [-0.39, 0.29) is 40.7 Å². The zero-order valence-electron chi connectivity index (χ0n) is 37.7. The van der Waals surface area contributed by atoms with E-state index in [9.17, 15) is 63.0 Å². The first kappa shape index (κ1) is 55.1. The Morgan fingerprint density at radius 2 is 1.47 bits per heavy atom. The van der Waals surface area contributed by atoms with Crippen molar-refractivity contribution in [3.63, 3.8) is 0 Å². The SMILES string of the molecule is COC[C@H]1[C@@H](O)[C@H]([n+]2cn(C)c3c(=O)[nH]c(N)nc32)O[C@@H]1COP(=O)(O)OP(=O)(O)OP(=O)(O)OC[C@H]1O[C@@H](n2cnc3c(N)ncnc32)[C@H](OC)[C@@H]1P(O)(=S)OC[C@H]1O[C@@H](n2ccc(=O)[nH]c2=O)[C@H](O)[C@@H]1O. The van der Waals surface area contributed by atoms with Crippen LogP contribution in [0.1, 0.15) is 18.7 Å². The number of ether oxygens (including phenoxy) is 5. The summed E-state index contributed by atoms with van der Waals surface area (Å²) < 4.78 is 97.1. The molecular weight excluding hydrogens is 1090 g/mol. The van der Waals surface area contributed by atoms with Crippen molar-refractivity contribution in [1.82, 2.24) is 43.6 Å². The number of hydrogen-bond donors (Lipinski definition) is 11. The number of fused-ring (bicyclic) bond motifs is 2. The van der Waals surface area contributed by atoms with Gasteiger partial charge in [-0.15, -0.1) is 0 Å². The Hall–Kier alpha value is -4.16. The number of aromatic nitrogens is 10. The van der Waals surface area contributed by atoms with Crippen LogP contribution in [0.5, 0.6) is 0 Å². The van der Waals surface area contributed by atoms with Crippen molar-refractivity contribution >= 4 is 75.9 Å². The summed E-state index contributed by atoms with van der Waals surface area (Å²) >= 11 is 5.56. The summed E-state index contributed by atoms with van der Waals surface area (Å²) in [6.45, 7) is -7.60. The molecule has 0 aliphatic carbocycles. The average molecular weight is 1140 g/mol. The number of hydrogen-bond acceptors (Lipinski definition) is 26. The van der Waals surface area contributed by atoms with Crippen molar-refractivity contribution < 1.29 is 99.0 Å². The third-order valence-corrected chi connectivity index (χ3v) is 18.9. The van der Waals surface area contributed by atoms with Crippen molar-refractivity contribution in [3.8, 4) is 0 Å². The summed E-state index contributed by atoms with van der Waals surface area (Å²) in [4.78, 5) is 101. The van der Waals surface area contributed by atoms with E-state index in [1.807, 2.05) is 4.98 Å². The lowest BCUT2D eigenvalue weighted by Gasteiger charge is -2.31. The van der Waals surface area contributed by atoms with E-state index in [2.05, 4.69) is 33.5 Å². The fraction of sp³-hybridized carbons (Fsp3) is 0.576. The first-order chi connectivity index (χ1) is 34.2. The Balaban J connectivity index is 0.957. The van der Waals surface area contributed by atoms with E-state index in [1.54, 1.807) is 0 Å². The molecule has 13 N–H and O–H groups in total. The number of aryl methyl sites for hydroxylation is 1. The number of rotatable bonds is 20. The molecule has 402 valence electrons. The average Bonchev–Trinajstić information content (AvgIpc) is 4.10. The molecule has 0 bridgehead atoms. The van der Waals surface area contributed by atoms with Crippen LogP contribution >= 0.6 is 30.0 Å². The van der Waals surface area contributed by atoms with E-state index in [4.69, 9.17) is 60.5 Å². The first-order valence-corrected chi connectivity index (χ1v) is 28.2. The Bertz CT molecular complexity index is 3250. The molecule has 40 heteroatoms. The van der Waals surface area contributed by atoms with Crippen LogP contribution in [0.15, 0.2) is 45.6 Å². The molecular formula is C33H47N12O23P4S+. The molecule has 5 aromatic heterocycles. The highest BCUT2D eigenvalue weighted by atomic mass is 32.5. The van der Waals surface area contributed by atoms with Crippen molar-refractivity contribution in [2.24, 2.45) is 13.0 Å². The van der Waals surface area contributed by atoms with Gasteiger partial charge >= 0.3 is 34.8 Å². The molecule has 8 rings (SSSR count). The number of imidazole rings is 2. The Morgan fingerprint density at radius 1 is 0.808 bits per heavy atom. The van der Waals surface area contributed by atoms with E-state index < -0.39 is 140 Å². The van der Waals surface area contributed by atoms with Crippen LogP contribution in [0, 0.1) is 5.92 Å². The number of phosphoric ester groups is 2. The van der Waals surface area contributed by atoms with Gasteiger partial charge in [0.25, 0.3) is 17.1 Å². The number of anilines is 2. The zero-order chi connectivity index (χ0) is 53.1. The van der Waals surface area contributed by atoms with Gasteiger partial charge in [-0.2, -0.15) is 8.62 Å². The predicted octanol–water partition coefficient (Wildman–Crippen LogP) is -3.79.